The molecule has 2 aromatic rings. The zero-order chi connectivity index (χ0) is 68.4. The lowest BCUT2D eigenvalue weighted by atomic mass is 9.95. The van der Waals surface area contributed by atoms with Crippen LogP contribution in [0, 0.1) is 0 Å². The average Bonchev–Trinajstić information content (AvgIpc) is 0.787. The van der Waals surface area contributed by atoms with E-state index in [1.54, 1.807) is 0 Å². The lowest BCUT2D eigenvalue weighted by Crippen LogP contribution is -2.68. The van der Waals surface area contributed by atoms with E-state index >= 15 is 0 Å². The molecule has 0 saturated carbocycles. The Morgan fingerprint density at radius 1 is 0.263 bits per heavy atom. The summed E-state index contributed by atoms with van der Waals surface area (Å²) in [6.07, 6.45) is -76.0. The largest absolute Gasteiger partial charge is 0.394 e. The van der Waals surface area contributed by atoms with Gasteiger partial charge < -0.3 is 163 Å². The van der Waals surface area contributed by atoms with E-state index in [2.05, 4.69) is 0 Å². The monoisotopic (exact) mass is 1410 g/mol. The van der Waals surface area contributed by atoms with Gasteiger partial charge in [0.2, 0.25) is 0 Å². The summed E-state index contributed by atoms with van der Waals surface area (Å²) in [5, 5.41) is 216. The van der Waals surface area contributed by atoms with E-state index in [4.69, 9.17) is 74.7 Å². The highest BCUT2D eigenvalue weighted by Gasteiger charge is 2.60. The SMILES string of the molecule is O=S1(=O)OC[C@@H]2O[C@@H]3O[C@H]4[C@H](O)[C@H](O)[C@@H](O[C@H]5[C@H](O)[C@H](O)[C@@H](O[C@H]6[C@H](O)[C@@H](O)[C@H](O[C@@H]7[C@H](O)[C@@H](O)[C@@H](O[C@H]8[C@@H](O)[C@@H](O)[C@@H](O[C@H]9[C@@H](O)[C@@H](O)[C@@H](O[C@@H]2[C@H](O)[C@H]3O)O[C@H]9CO)O[C@H]8CO)O[C@H]7CO)O[C@@H]6COS(=O)(=O)c2ccc(cc2)-c2ccc1cc2)O[C@@H]5CO)O[C@H]4CO. The van der Waals surface area contributed by atoms with E-state index in [0.717, 1.165) is 24.3 Å². The van der Waals surface area contributed by atoms with Crippen LogP contribution in [0.25, 0.3) is 11.1 Å². The summed E-state index contributed by atoms with van der Waals surface area (Å²) in [5.74, 6) is 0. The van der Waals surface area contributed by atoms with Crippen molar-refractivity contribution in [3.8, 4) is 11.1 Å². The summed E-state index contributed by atoms with van der Waals surface area (Å²) in [7, 11) is -9.89. The molecule has 39 nitrogen and oxygen atoms in total. The predicted octanol–water partition coefficient (Wildman–Crippen LogP) is -12.4. The van der Waals surface area contributed by atoms with Gasteiger partial charge in [-0.15, -0.1) is 0 Å². The molecule has 20 bridgehead atoms. The number of benzene rings is 2. The van der Waals surface area contributed by atoms with E-state index in [9.17, 15) is 114 Å². The van der Waals surface area contributed by atoms with Gasteiger partial charge in [-0.05, 0) is 35.4 Å². The normalized spacial score (nSPS) is 49.1. The summed E-state index contributed by atoms with van der Waals surface area (Å²) < 4.78 is 149. The third kappa shape index (κ3) is 14.5. The van der Waals surface area contributed by atoms with Crippen molar-refractivity contribution in [2.75, 3.05) is 46.2 Å². The Morgan fingerprint density at radius 2 is 0.453 bits per heavy atom. The van der Waals surface area contributed by atoms with Gasteiger partial charge in [0.1, 0.15) is 171 Å². The van der Waals surface area contributed by atoms with Gasteiger partial charge in [0.15, 0.2) is 44.0 Å². The van der Waals surface area contributed by atoms with Crippen molar-refractivity contribution in [3.05, 3.63) is 48.5 Å². The molecular weight excluding hydrogens is 1340 g/mol. The van der Waals surface area contributed by atoms with Gasteiger partial charge in [-0.25, -0.2) is 0 Å². The third-order valence-electron chi connectivity index (χ3n) is 17.8. The van der Waals surface area contributed by atoms with Crippen LogP contribution in [-0.4, -0.2) is 375 Å². The molecule has 31 rings (SSSR count). The Hall–Kier alpha value is -3.06. The fourth-order valence-corrected chi connectivity index (χ4v) is 14.3. The van der Waals surface area contributed by atoms with Crippen molar-refractivity contribution < 1.29 is 189 Å². The molecule has 15 fully saturated rings. The van der Waals surface area contributed by atoms with Gasteiger partial charge in [0, 0.05) is 0 Å². The van der Waals surface area contributed by atoms with Gasteiger partial charge >= 0.3 is 0 Å². The second kappa shape index (κ2) is 29.9. The molecule has 19 N–H and O–H groups in total. The number of aliphatic hydroxyl groups is 19. The van der Waals surface area contributed by atoms with Gasteiger partial charge in [0.05, 0.1) is 56.0 Å². The van der Waals surface area contributed by atoms with Crippen molar-refractivity contribution >= 4 is 20.2 Å². The van der Waals surface area contributed by atoms with Gasteiger partial charge in [-0.3, -0.25) is 8.37 Å². The second-order valence-corrected chi connectivity index (χ2v) is 27.0. The highest BCUT2D eigenvalue weighted by atomic mass is 32.2. The van der Waals surface area contributed by atoms with Gasteiger partial charge in [-0.1, -0.05) is 24.3 Å². The van der Waals surface area contributed by atoms with Crippen LogP contribution in [0.5, 0.6) is 0 Å². The molecule has 29 aliphatic heterocycles. The molecule has 538 valence electrons. The maximum atomic E-state index is 14.0. The van der Waals surface area contributed by atoms with Crippen molar-refractivity contribution in [1.29, 1.82) is 0 Å². The quantitative estimate of drug-likeness (QED) is 0.124. The van der Waals surface area contributed by atoms with Crippen LogP contribution in [0.4, 0.5) is 0 Å². The Bertz CT molecular complexity index is 3060. The molecule has 35 atom stereocenters. The predicted molar refractivity (Wildman–Crippen MR) is 292 cm³/mol. The van der Waals surface area contributed by atoms with E-state index in [-0.39, 0.29) is 11.1 Å². The molecule has 0 aromatic heterocycles. The number of rotatable bonds is 5. The van der Waals surface area contributed by atoms with Crippen molar-refractivity contribution in [3.63, 3.8) is 0 Å². The first-order valence-electron chi connectivity index (χ1n) is 29.9. The average molecular weight is 1410 g/mol. The molecule has 95 heavy (non-hydrogen) atoms. The van der Waals surface area contributed by atoms with Crippen molar-refractivity contribution in [2.45, 2.75) is 225 Å². The van der Waals surface area contributed by atoms with Crippen molar-refractivity contribution in [2.24, 2.45) is 0 Å². The summed E-state index contributed by atoms with van der Waals surface area (Å²) in [5.41, 5.74) is 0.555. The lowest BCUT2D eigenvalue weighted by molar-refractivity contribution is -0.396. The molecule has 0 amide bonds. The molecular formula is C54H76O39S2. The van der Waals surface area contributed by atoms with Gasteiger partial charge in [-0.2, -0.15) is 16.8 Å². The highest BCUT2D eigenvalue weighted by Crippen LogP contribution is 2.40. The Morgan fingerprint density at radius 3 is 0.663 bits per heavy atom. The zero-order valence-corrected chi connectivity index (χ0v) is 50.9. The zero-order valence-electron chi connectivity index (χ0n) is 49.3. The Labute approximate surface area is 537 Å². The Balaban J connectivity index is 1.00. The molecule has 0 unspecified atom stereocenters. The van der Waals surface area contributed by atoms with Crippen LogP contribution in [0.1, 0.15) is 0 Å². The molecule has 15 saturated heterocycles. The minimum absolute atomic E-state index is 0.277. The summed E-state index contributed by atoms with van der Waals surface area (Å²) >= 11 is 0. The van der Waals surface area contributed by atoms with Crippen LogP contribution < -0.4 is 0 Å². The van der Waals surface area contributed by atoms with Crippen LogP contribution in [0.2, 0.25) is 0 Å². The maximum absolute atomic E-state index is 14.0. The number of hydrogen-bond donors (Lipinski definition) is 19. The number of ether oxygens (including phenoxy) is 14. The molecule has 41 heteroatoms. The first-order valence-corrected chi connectivity index (χ1v) is 32.7. The van der Waals surface area contributed by atoms with E-state index in [1.807, 2.05) is 0 Å². The summed E-state index contributed by atoms with van der Waals surface area (Å²) in [6.45, 7) is -8.14. The number of hydrogen-bond acceptors (Lipinski definition) is 39. The molecule has 0 aliphatic carbocycles. The minimum atomic E-state index is -4.95. The smallest absolute Gasteiger partial charge is 0.297 e. The standard InChI is InChI=1S/C54H76O39S2/c55-9-20-41-27(60)34(67)48(80-20)88-42-21(10-56)83-51(37(70)30(42)63)92-46-25-14-78-94(74,75)18-5-1-16(2-6-18)17-3-7-19(8-4-17)95(76,77)79-15-26-47(32(65)39(72)53(85-26)90-44-23(12-58)81-49(87-41)35(68)28(44)61)93-52-38(71)31(64)43(22(11-57)84-52)89-50-36(69)29(62)45(24(13-59)82-50)91-54(86-25)40(73)33(46)66/h1-8,20-73H,9-15H2/t20-,21-,22+,23-,24-,25-,26+,27-,28+,29+,30-,31+,32+,33+,34+,35+,36-,37+,38-,39+,40+,41+,42+,43+,44-,45+,46-,47+,48+,49+,50+,51+,52+,53-,54+/m0/s1. The fourth-order valence-electron chi connectivity index (χ4n) is 12.5. The molecule has 29 heterocycles. The molecule has 2 aromatic carbocycles. The van der Waals surface area contributed by atoms with Crippen LogP contribution >= 0.6 is 0 Å². The van der Waals surface area contributed by atoms with E-state index in [1.165, 1.54) is 24.3 Å². The molecule has 0 radical (unpaired) electrons. The molecule has 29 aliphatic rings. The fraction of sp³-hybridized carbons (Fsp3) is 0.778. The van der Waals surface area contributed by atoms with E-state index in [0.29, 0.717) is 0 Å². The summed E-state index contributed by atoms with van der Waals surface area (Å²) in [6, 6.07) is 9.40. The summed E-state index contributed by atoms with van der Waals surface area (Å²) in [4.78, 5) is -1.07. The second-order valence-electron chi connectivity index (χ2n) is 23.8. The number of aliphatic hydroxyl groups excluding tert-OH is 19. The van der Waals surface area contributed by atoms with Crippen LogP contribution in [0.15, 0.2) is 58.3 Å². The first-order chi connectivity index (χ1) is 45.1. The van der Waals surface area contributed by atoms with Crippen LogP contribution in [-0.2, 0) is 94.9 Å². The Kier molecular flexibility index (Phi) is 23.0. The van der Waals surface area contributed by atoms with Crippen LogP contribution in [0.3, 0.4) is 0 Å². The highest BCUT2D eigenvalue weighted by molar-refractivity contribution is 7.87. The first kappa shape index (κ1) is 73.2. The van der Waals surface area contributed by atoms with E-state index < -0.39 is 291 Å². The minimum Gasteiger partial charge on any atom is -0.394 e. The third-order valence-corrected chi connectivity index (χ3v) is 20.4. The lowest BCUT2D eigenvalue weighted by Gasteiger charge is -2.50. The molecule has 0 spiro atoms. The van der Waals surface area contributed by atoms with Crippen molar-refractivity contribution in [1.82, 2.24) is 0 Å². The maximum Gasteiger partial charge on any atom is 0.297 e. The topological polar surface area (TPSA) is 600 Å². The van der Waals surface area contributed by atoms with Gasteiger partial charge in [0.25, 0.3) is 20.2 Å².